The van der Waals surface area contributed by atoms with E-state index in [1.165, 1.54) is 7.11 Å². The van der Waals surface area contributed by atoms with Crippen LogP contribution in [0.3, 0.4) is 0 Å². The van der Waals surface area contributed by atoms with Crippen LogP contribution in [-0.2, 0) is 21.2 Å². The van der Waals surface area contributed by atoms with E-state index in [1.54, 1.807) is 19.1 Å². The van der Waals surface area contributed by atoms with Gasteiger partial charge in [0.05, 0.1) is 25.1 Å². The summed E-state index contributed by atoms with van der Waals surface area (Å²) in [5.74, 6) is -0.178. The van der Waals surface area contributed by atoms with Gasteiger partial charge in [-0.1, -0.05) is 41.9 Å². The van der Waals surface area contributed by atoms with Gasteiger partial charge in [-0.2, -0.15) is 0 Å². The van der Waals surface area contributed by atoms with E-state index in [0.29, 0.717) is 22.9 Å². The van der Waals surface area contributed by atoms with Crippen LogP contribution in [0.2, 0.25) is 5.02 Å². The molecule has 0 radical (unpaired) electrons. The molecule has 2 aromatic rings. The van der Waals surface area contributed by atoms with Crippen LogP contribution in [0.25, 0.3) is 0 Å². The number of methoxy groups -OCH3 is 1. The number of amides is 1. The Balaban J connectivity index is 1.91. The van der Waals surface area contributed by atoms with Crippen molar-refractivity contribution in [3.8, 4) is 5.75 Å². The van der Waals surface area contributed by atoms with Gasteiger partial charge in [0.25, 0.3) is 0 Å². The van der Waals surface area contributed by atoms with Gasteiger partial charge in [-0.05, 0) is 30.5 Å². The quantitative estimate of drug-likeness (QED) is 0.718. The maximum Gasteiger partial charge on any atom is 0.239 e. The maximum atomic E-state index is 12.1. The Labute approximate surface area is 158 Å². The van der Waals surface area contributed by atoms with Crippen molar-refractivity contribution in [2.75, 3.05) is 24.7 Å². The lowest BCUT2D eigenvalue weighted by Gasteiger charge is -2.13. The van der Waals surface area contributed by atoms with Crippen LogP contribution in [0.1, 0.15) is 11.1 Å². The van der Waals surface area contributed by atoms with Gasteiger partial charge in [0.15, 0.2) is 0 Å². The van der Waals surface area contributed by atoms with Gasteiger partial charge >= 0.3 is 0 Å². The van der Waals surface area contributed by atoms with E-state index < -0.39 is 15.9 Å². The molecule has 0 aliphatic heterocycles. The first-order valence-corrected chi connectivity index (χ1v) is 9.99. The first kappa shape index (κ1) is 20.2. The summed E-state index contributed by atoms with van der Waals surface area (Å²) >= 11 is 6.02. The minimum Gasteiger partial charge on any atom is -0.495 e. The molecular formula is C18H21ClN2O4S. The standard InChI is InChI=1S/C18H21ClN2O4S/c1-13-10-16(17(25-2)11-15(13)19)21-18(22)12-20-26(23,24)9-8-14-6-4-3-5-7-14/h3-7,10-11,20H,8-9,12H2,1-2H3,(H,21,22). The topological polar surface area (TPSA) is 84.5 Å². The van der Waals surface area contributed by atoms with E-state index in [9.17, 15) is 13.2 Å². The van der Waals surface area contributed by atoms with Crippen LogP contribution >= 0.6 is 11.6 Å². The summed E-state index contributed by atoms with van der Waals surface area (Å²) in [6.07, 6.45) is 0.377. The van der Waals surface area contributed by atoms with Gasteiger partial charge in [-0.25, -0.2) is 13.1 Å². The average molecular weight is 397 g/mol. The van der Waals surface area contributed by atoms with Crippen LogP contribution in [0, 0.1) is 6.92 Å². The number of carbonyl (C=O) groups is 1. The first-order valence-electron chi connectivity index (χ1n) is 7.96. The fourth-order valence-corrected chi connectivity index (χ4v) is 3.42. The summed E-state index contributed by atoms with van der Waals surface area (Å²) in [5.41, 5.74) is 2.12. The van der Waals surface area contributed by atoms with Crippen LogP contribution in [0.5, 0.6) is 5.75 Å². The fourth-order valence-electron chi connectivity index (χ4n) is 2.27. The minimum absolute atomic E-state index is 0.0896. The van der Waals surface area contributed by atoms with Gasteiger partial charge < -0.3 is 10.1 Å². The second-order valence-electron chi connectivity index (χ2n) is 5.73. The smallest absolute Gasteiger partial charge is 0.239 e. The Hall–Kier alpha value is -2.09. The molecule has 0 unspecified atom stereocenters. The third-order valence-electron chi connectivity index (χ3n) is 3.71. The number of sulfonamides is 1. The zero-order chi connectivity index (χ0) is 19.2. The van der Waals surface area contributed by atoms with E-state index in [2.05, 4.69) is 10.0 Å². The predicted molar refractivity (Wildman–Crippen MR) is 103 cm³/mol. The number of hydrogen-bond acceptors (Lipinski definition) is 4. The number of nitrogens with one attached hydrogen (secondary N) is 2. The number of benzene rings is 2. The Morgan fingerprint density at radius 2 is 1.88 bits per heavy atom. The maximum absolute atomic E-state index is 12.1. The lowest BCUT2D eigenvalue weighted by Crippen LogP contribution is -2.34. The van der Waals surface area contributed by atoms with Crippen molar-refractivity contribution >= 4 is 33.2 Å². The number of rotatable bonds is 8. The molecule has 140 valence electrons. The van der Waals surface area contributed by atoms with Crippen LogP contribution in [0.4, 0.5) is 5.69 Å². The molecule has 2 N–H and O–H groups in total. The summed E-state index contributed by atoms with van der Waals surface area (Å²) in [5, 5.41) is 3.14. The molecule has 0 saturated carbocycles. The molecule has 0 spiro atoms. The van der Waals surface area contributed by atoms with Crippen LogP contribution in [-0.4, -0.2) is 33.7 Å². The van der Waals surface area contributed by atoms with E-state index in [4.69, 9.17) is 16.3 Å². The summed E-state index contributed by atoms with van der Waals surface area (Å²) in [6.45, 7) is 1.44. The molecule has 2 aromatic carbocycles. The summed E-state index contributed by atoms with van der Waals surface area (Å²) < 4.78 is 31.6. The summed E-state index contributed by atoms with van der Waals surface area (Å²) in [7, 11) is -2.10. The molecular weight excluding hydrogens is 376 g/mol. The number of ether oxygens (including phenoxy) is 1. The molecule has 2 rings (SSSR count). The van der Waals surface area contributed by atoms with Gasteiger partial charge in [-0.15, -0.1) is 0 Å². The zero-order valence-corrected chi connectivity index (χ0v) is 16.2. The third kappa shape index (κ3) is 6.01. The highest BCUT2D eigenvalue weighted by Crippen LogP contribution is 2.30. The second-order valence-corrected chi connectivity index (χ2v) is 8.06. The highest BCUT2D eigenvalue weighted by atomic mass is 35.5. The van der Waals surface area contributed by atoms with Crippen molar-refractivity contribution in [3.05, 3.63) is 58.6 Å². The normalized spacial score (nSPS) is 11.2. The van der Waals surface area contributed by atoms with Gasteiger partial charge in [0, 0.05) is 11.1 Å². The largest absolute Gasteiger partial charge is 0.495 e. The Morgan fingerprint density at radius 3 is 2.54 bits per heavy atom. The second kappa shape index (κ2) is 9.02. The molecule has 0 aromatic heterocycles. The number of carbonyl (C=O) groups excluding carboxylic acids is 1. The van der Waals surface area contributed by atoms with Gasteiger partial charge in [-0.3, -0.25) is 4.79 Å². The molecule has 8 heteroatoms. The van der Waals surface area contributed by atoms with Gasteiger partial charge in [0.1, 0.15) is 5.75 Å². The zero-order valence-electron chi connectivity index (χ0n) is 14.6. The van der Waals surface area contributed by atoms with E-state index in [0.717, 1.165) is 11.1 Å². The van der Waals surface area contributed by atoms with Crippen LogP contribution in [0.15, 0.2) is 42.5 Å². The highest BCUT2D eigenvalue weighted by Gasteiger charge is 2.15. The van der Waals surface area contributed by atoms with Crippen molar-refractivity contribution in [1.29, 1.82) is 0 Å². The lowest BCUT2D eigenvalue weighted by molar-refractivity contribution is -0.115. The lowest BCUT2D eigenvalue weighted by atomic mass is 10.2. The molecule has 1 amide bonds. The van der Waals surface area contributed by atoms with Crippen molar-refractivity contribution < 1.29 is 17.9 Å². The van der Waals surface area contributed by atoms with Crippen molar-refractivity contribution in [1.82, 2.24) is 4.72 Å². The van der Waals surface area contributed by atoms with Crippen molar-refractivity contribution in [2.24, 2.45) is 0 Å². The van der Waals surface area contributed by atoms with E-state index in [1.807, 2.05) is 30.3 Å². The minimum atomic E-state index is -3.56. The molecule has 0 aliphatic carbocycles. The Kier molecular flexibility index (Phi) is 7.02. The SMILES string of the molecule is COc1cc(Cl)c(C)cc1NC(=O)CNS(=O)(=O)CCc1ccccc1. The highest BCUT2D eigenvalue weighted by molar-refractivity contribution is 7.89. The van der Waals surface area contributed by atoms with Gasteiger partial charge in [0.2, 0.25) is 15.9 Å². The Morgan fingerprint density at radius 1 is 1.19 bits per heavy atom. The van der Waals surface area contributed by atoms with E-state index in [-0.39, 0.29) is 12.3 Å². The molecule has 6 nitrogen and oxygen atoms in total. The van der Waals surface area contributed by atoms with Crippen molar-refractivity contribution in [3.63, 3.8) is 0 Å². The molecule has 0 atom stereocenters. The first-order chi connectivity index (χ1) is 12.3. The number of hydrogen-bond donors (Lipinski definition) is 2. The third-order valence-corrected chi connectivity index (χ3v) is 5.44. The van der Waals surface area contributed by atoms with Crippen LogP contribution < -0.4 is 14.8 Å². The molecule has 26 heavy (non-hydrogen) atoms. The summed E-state index contributed by atoms with van der Waals surface area (Å²) in [6, 6.07) is 12.6. The molecule has 0 bridgehead atoms. The number of halogens is 1. The molecule has 0 heterocycles. The number of anilines is 1. The summed E-state index contributed by atoms with van der Waals surface area (Å²) in [4.78, 5) is 12.1. The fraction of sp³-hybridized carbons (Fsp3) is 0.278. The van der Waals surface area contributed by atoms with E-state index >= 15 is 0 Å². The molecule has 0 saturated heterocycles. The average Bonchev–Trinajstić information content (AvgIpc) is 2.62. The molecule has 0 fully saturated rings. The predicted octanol–water partition coefficient (Wildman–Crippen LogP) is 2.76. The monoisotopic (exact) mass is 396 g/mol. The van der Waals surface area contributed by atoms with Crippen molar-refractivity contribution in [2.45, 2.75) is 13.3 Å². The Bertz CT molecular complexity index is 870. The number of aryl methyl sites for hydroxylation is 2. The molecule has 0 aliphatic rings.